The maximum atomic E-state index is 13.8. The van der Waals surface area contributed by atoms with Gasteiger partial charge in [0.05, 0.1) is 61.9 Å². The number of hydrogen-bond donors (Lipinski definition) is 0. The molecule has 2 aromatic rings. The molecule has 250 valence electrons. The molecule has 0 aromatic heterocycles. The van der Waals surface area contributed by atoms with Gasteiger partial charge in [0.15, 0.2) is 0 Å². The lowest BCUT2D eigenvalue weighted by molar-refractivity contribution is -0.137. The van der Waals surface area contributed by atoms with E-state index in [0.717, 1.165) is 9.80 Å². The predicted octanol–water partition coefficient (Wildman–Crippen LogP) is 1.86. The van der Waals surface area contributed by atoms with Crippen LogP contribution in [0.4, 0.5) is 0 Å². The average molecular weight is 649 g/mol. The average Bonchev–Trinajstić information content (AvgIpc) is 3.48. The van der Waals surface area contributed by atoms with Crippen molar-refractivity contribution in [2.24, 2.45) is 0 Å². The van der Waals surface area contributed by atoms with Crippen molar-refractivity contribution in [3.63, 3.8) is 0 Å². The summed E-state index contributed by atoms with van der Waals surface area (Å²) >= 11 is 0. The highest BCUT2D eigenvalue weighted by Crippen LogP contribution is 2.28. The van der Waals surface area contributed by atoms with Crippen LogP contribution in [0.1, 0.15) is 68.1 Å². The molecule has 47 heavy (non-hydrogen) atoms. The van der Waals surface area contributed by atoms with E-state index in [1.165, 1.54) is 9.80 Å². The molecule has 13 heteroatoms. The normalized spacial score (nSPS) is 19.6. The van der Waals surface area contributed by atoms with Crippen molar-refractivity contribution in [1.29, 1.82) is 0 Å². The molecule has 3 heterocycles. The van der Waals surface area contributed by atoms with Crippen LogP contribution in [-0.2, 0) is 23.8 Å². The van der Waals surface area contributed by atoms with Crippen molar-refractivity contribution in [3.8, 4) is 0 Å². The van der Waals surface area contributed by atoms with Crippen LogP contribution in [0, 0.1) is 0 Å². The molecule has 2 atom stereocenters. The summed E-state index contributed by atoms with van der Waals surface area (Å²) < 4.78 is 17.3. The van der Waals surface area contributed by atoms with Crippen molar-refractivity contribution in [1.82, 2.24) is 19.6 Å². The number of fused-ring (bicyclic) bond motifs is 2. The second-order valence-corrected chi connectivity index (χ2v) is 11.4. The quantitative estimate of drug-likeness (QED) is 0.429. The Morgan fingerprint density at radius 1 is 0.532 bits per heavy atom. The number of imide groups is 2. The summed E-state index contributed by atoms with van der Waals surface area (Å²) in [5, 5.41) is 0. The topological polar surface area (TPSA) is 143 Å². The zero-order valence-electron chi connectivity index (χ0n) is 26.7. The summed E-state index contributed by atoms with van der Waals surface area (Å²) in [5.41, 5.74) is 1.11. The number of hydrogen-bond acceptors (Lipinski definition) is 9. The van der Waals surface area contributed by atoms with Crippen molar-refractivity contribution in [3.05, 3.63) is 70.8 Å². The van der Waals surface area contributed by atoms with Crippen LogP contribution in [0.5, 0.6) is 0 Å². The Morgan fingerprint density at radius 2 is 0.809 bits per heavy atom. The molecule has 1 saturated heterocycles. The van der Waals surface area contributed by atoms with Gasteiger partial charge in [-0.3, -0.25) is 38.6 Å². The molecule has 0 unspecified atom stereocenters. The third-order valence-corrected chi connectivity index (χ3v) is 8.64. The molecule has 13 nitrogen and oxygen atoms in total. The Bertz CT molecular complexity index is 1350. The van der Waals surface area contributed by atoms with Gasteiger partial charge in [0, 0.05) is 26.2 Å². The van der Waals surface area contributed by atoms with Crippen molar-refractivity contribution in [2.45, 2.75) is 38.8 Å². The Kier molecular flexibility index (Phi) is 11.1. The van der Waals surface area contributed by atoms with E-state index < -0.39 is 47.5 Å². The van der Waals surface area contributed by atoms with Gasteiger partial charge < -0.3 is 24.0 Å². The zero-order valence-corrected chi connectivity index (χ0v) is 26.7. The van der Waals surface area contributed by atoms with Crippen LogP contribution in [0.25, 0.3) is 0 Å². The van der Waals surface area contributed by atoms with Crippen LogP contribution in [0.3, 0.4) is 0 Å². The first-order valence-corrected chi connectivity index (χ1v) is 16.0. The maximum Gasteiger partial charge on any atom is 0.262 e. The number of carbonyl (C=O) groups excluding carboxylic acids is 6. The second-order valence-electron chi connectivity index (χ2n) is 11.4. The van der Waals surface area contributed by atoms with Gasteiger partial charge in [0.1, 0.15) is 12.1 Å². The first kappa shape index (κ1) is 33.9. The summed E-state index contributed by atoms with van der Waals surface area (Å²) in [4.78, 5) is 85.3. The van der Waals surface area contributed by atoms with E-state index in [9.17, 15) is 28.8 Å². The fourth-order valence-electron chi connectivity index (χ4n) is 6.13. The van der Waals surface area contributed by atoms with Crippen molar-refractivity contribution < 1.29 is 43.0 Å². The number of carbonyl (C=O) groups is 6. The lowest BCUT2D eigenvalue weighted by Gasteiger charge is -2.31. The largest absolute Gasteiger partial charge is 0.378 e. The standard InChI is InChI=1S/C34H40N4O9/c1-3-27(37-29(39)23-9-5-6-10-24(23)30(37)40)33(43)35-13-17-45-18-14-36(16-20-47-22-21-46-19-15-35)34(44)28(4-2)38-31(41)25-11-7-8-12-26(25)32(38)42/h5-12,27-28H,3-4,13-22H2,1-2H3/t27-,28-/m1/s1. The van der Waals surface area contributed by atoms with Gasteiger partial charge in [0.2, 0.25) is 11.8 Å². The summed E-state index contributed by atoms with van der Waals surface area (Å²) in [6.45, 7) is 5.41. The monoisotopic (exact) mass is 648 g/mol. The summed E-state index contributed by atoms with van der Waals surface area (Å²) in [6, 6.07) is 11.1. The molecule has 1 fully saturated rings. The molecule has 6 amide bonds. The Labute approximate surface area is 273 Å². The second kappa shape index (κ2) is 15.4. The molecule has 0 bridgehead atoms. The Balaban J connectivity index is 1.24. The third kappa shape index (κ3) is 6.97. The molecule has 3 aliphatic rings. The minimum atomic E-state index is -0.992. The van der Waals surface area contributed by atoms with Crippen molar-refractivity contribution in [2.75, 3.05) is 65.8 Å². The highest BCUT2D eigenvalue weighted by atomic mass is 16.5. The van der Waals surface area contributed by atoms with Crippen molar-refractivity contribution >= 4 is 35.4 Å². The van der Waals surface area contributed by atoms with E-state index in [-0.39, 0.29) is 101 Å². The lowest BCUT2D eigenvalue weighted by Crippen LogP contribution is -2.52. The number of benzene rings is 2. The van der Waals surface area contributed by atoms with Crippen LogP contribution in [0.15, 0.2) is 48.5 Å². The smallest absolute Gasteiger partial charge is 0.262 e. The van der Waals surface area contributed by atoms with Gasteiger partial charge in [-0.25, -0.2) is 0 Å². The van der Waals surface area contributed by atoms with E-state index in [1.54, 1.807) is 62.4 Å². The number of amides is 6. The summed E-state index contributed by atoms with van der Waals surface area (Å²) in [5.74, 6) is -2.76. The molecular weight excluding hydrogens is 608 g/mol. The highest BCUT2D eigenvalue weighted by Gasteiger charge is 2.44. The van der Waals surface area contributed by atoms with E-state index in [4.69, 9.17) is 14.2 Å². The zero-order chi connectivity index (χ0) is 33.5. The molecule has 3 aliphatic heterocycles. The molecule has 0 spiro atoms. The van der Waals surface area contributed by atoms with E-state index in [1.807, 2.05) is 0 Å². The highest BCUT2D eigenvalue weighted by molar-refractivity contribution is 6.23. The summed E-state index contributed by atoms with van der Waals surface area (Å²) in [6.07, 6.45) is 0.470. The molecule has 0 saturated carbocycles. The van der Waals surface area contributed by atoms with E-state index in [0.29, 0.717) is 0 Å². The molecule has 0 N–H and O–H groups in total. The number of nitrogens with zero attached hydrogens (tertiary/aromatic N) is 4. The minimum Gasteiger partial charge on any atom is -0.378 e. The van der Waals surface area contributed by atoms with Gasteiger partial charge >= 0.3 is 0 Å². The van der Waals surface area contributed by atoms with Crippen LogP contribution in [-0.4, -0.2) is 133 Å². The molecule has 5 rings (SSSR count). The van der Waals surface area contributed by atoms with Crippen LogP contribution in [0.2, 0.25) is 0 Å². The summed E-state index contributed by atoms with van der Waals surface area (Å²) in [7, 11) is 0. The first-order chi connectivity index (χ1) is 22.8. The molecule has 0 aliphatic carbocycles. The Hall–Kier alpha value is -4.46. The van der Waals surface area contributed by atoms with Gasteiger partial charge in [0.25, 0.3) is 23.6 Å². The van der Waals surface area contributed by atoms with E-state index >= 15 is 0 Å². The van der Waals surface area contributed by atoms with Gasteiger partial charge in [-0.2, -0.15) is 0 Å². The predicted molar refractivity (Wildman–Crippen MR) is 168 cm³/mol. The minimum absolute atomic E-state index is 0.123. The van der Waals surface area contributed by atoms with Crippen LogP contribution < -0.4 is 0 Å². The van der Waals surface area contributed by atoms with E-state index in [2.05, 4.69) is 0 Å². The SMILES string of the molecule is CC[C@H](C(=O)N1CCOCCOCCN(C(=O)[C@@H](CC)N2C(=O)c3ccccc3C2=O)CCOCC1)N1C(=O)c2ccccc2C1=O. The Morgan fingerprint density at radius 3 is 1.09 bits per heavy atom. The van der Waals surface area contributed by atoms with Gasteiger partial charge in [-0.1, -0.05) is 38.1 Å². The third-order valence-electron chi connectivity index (χ3n) is 8.64. The molecule has 2 aromatic carbocycles. The number of ether oxygens (including phenoxy) is 3. The van der Waals surface area contributed by atoms with Crippen LogP contribution >= 0.6 is 0 Å². The van der Waals surface area contributed by atoms with Gasteiger partial charge in [-0.05, 0) is 37.1 Å². The number of rotatable bonds is 6. The fraction of sp³-hybridized carbons (Fsp3) is 0.471. The lowest BCUT2D eigenvalue weighted by atomic mass is 10.1. The maximum absolute atomic E-state index is 13.8. The first-order valence-electron chi connectivity index (χ1n) is 16.0. The molecular formula is C34H40N4O9. The van der Waals surface area contributed by atoms with Gasteiger partial charge in [-0.15, -0.1) is 0 Å². The molecule has 0 radical (unpaired) electrons. The fourth-order valence-corrected chi connectivity index (χ4v) is 6.13.